The van der Waals surface area contributed by atoms with Crippen LogP contribution in [0.15, 0.2) is 48.5 Å². The highest BCUT2D eigenvalue weighted by atomic mass is 35.5. The third kappa shape index (κ3) is 3.98. The van der Waals surface area contributed by atoms with Gasteiger partial charge in [0.2, 0.25) is 10.0 Å². The van der Waals surface area contributed by atoms with Gasteiger partial charge in [0.25, 0.3) is 0 Å². The van der Waals surface area contributed by atoms with Crippen LogP contribution in [0.4, 0.5) is 0 Å². The molecule has 0 spiro atoms. The first-order chi connectivity index (χ1) is 11.5. The topological polar surface area (TPSA) is 46.6 Å². The summed E-state index contributed by atoms with van der Waals surface area (Å²) in [6.07, 6.45) is -0.236. The molecule has 4 nitrogen and oxygen atoms in total. The number of rotatable bonds is 4. The zero-order valence-electron chi connectivity index (χ0n) is 13.5. The van der Waals surface area contributed by atoms with Crippen LogP contribution in [0.1, 0.15) is 22.8 Å². The van der Waals surface area contributed by atoms with Gasteiger partial charge in [0.1, 0.15) is 0 Å². The molecule has 0 aromatic heterocycles. The van der Waals surface area contributed by atoms with Crippen molar-refractivity contribution in [1.29, 1.82) is 0 Å². The molecule has 1 aliphatic rings. The number of ether oxygens (including phenoxy) is 1. The van der Waals surface area contributed by atoms with Gasteiger partial charge in [0.05, 0.1) is 18.5 Å². The molecule has 1 heterocycles. The molecular weight excluding hydrogens is 346 g/mol. The summed E-state index contributed by atoms with van der Waals surface area (Å²) in [5.41, 5.74) is 2.79. The zero-order chi connectivity index (χ0) is 17.2. The molecule has 1 fully saturated rings. The lowest BCUT2D eigenvalue weighted by Gasteiger charge is -2.32. The van der Waals surface area contributed by atoms with Gasteiger partial charge in [-0.15, -0.1) is 0 Å². The Bertz CT molecular complexity index is 805. The van der Waals surface area contributed by atoms with Crippen molar-refractivity contribution in [3.8, 4) is 0 Å². The summed E-state index contributed by atoms with van der Waals surface area (Å²) in [7, 11) is -3.44. The van der Waals surface area contributed by atoms with Crippen molar-refractivity contribution in [2.75, 3.05) is 19.7 Å². The molecule has 2 aromatic rings. The van der Waals surface area contributed by atoms with E-state index in [2.05, 4.69) is 0 Å². The van der Waals surface area contributed by atoms with Crippen LogP contribution in [-0.4, -0.2) is 32.4 Å². The number of nitrogens with zero attached hydrogens (tertiary/aromatic N) is 1. The molecule has 1 atom stereocenters. The molecule has 3 rings (SSSR count). The summed E-state index contributed by atoms with van der Waals surface area (Å²) in [6, 6.07) is 15.0. The summed E-state index contributed by atoms with van der Waals surface area (Å²) in [6.45, 7) is 3.11. The standard InChI is InChI=1S/C18H20ClNO3S/c1-14-6-8-15(9-7-14)18-12-20(10-11-23-18)24(21,22)13-16-4-2-3-5-17(16)19/h2-9,18H,10-13H2,1H3. The highest BCUT2D eigenvalue weighted by molar-refractivity contribution is 7.88. The molecule has 0 saturated carbocycles. The molecule has 0 bridgehead atoms. The Kier molecular flexibility index (Phi) is 5.25. The largest absolute Gasteiger partial charge is 0.371 e. The minimum Gasteiger partial charge on any atom is -0.371 e. The second kappa shape index (κ2) is 7.23. The van der Waals surface area contributed by atoms with E-state index in [4.69, 9.17) is 16.3 Å². The lowest BCUT2D eigenvalue weighted by Crippen LogP contribution is -2.42. The summed E-state index contributed by atoms with van der Waals surface area (Å²) in [5.74, 6) is -0.0900. The maximum Gasteiger partial charge on any atom is 0.218 e. The molecule has 0 N–H and O–H groups in total. The molecule has 2 aromatic carbocycles. The normalized spacial score (nSPS) is 19.3. The van der Waals surface area contributed by atoms with Gasteiger partial charge in [0.15, 0.2) is 0 Å². The van der Waals surface area contributed by atoms with E-state index >= 15 is 0 Å². The first-order valence-corrected chi connectivity index (χ1v) is 9.84. The van der Waals surface area contributed by atoms with E-state index in [1.54, 1.807) is 24.3 Å². The molecule has 1 unspecified atom stereocenters. The van der Waals surface area contributed by atoms with E-state index in [1.165, 1.54) is 4.31 Å². The Morgan fingerprint density at radius 1 is 1.17 bits per heavy atom. The van der Waals surface area contributed by atoms with Gasteiger partial charge in [0, 0.05) is 18.1 Å². The number of sulfonamides is 1. The zero-order valence-corrected chi connectivity index (χ0v) is 15.1. The Morgan fingerprint density at radius 2 is 1.88 bits per heavy atom. The summed E-state index contributed by atoms with van der Waals surface area (Å²) >= 11 is 6.10. The minimum atomic E-state index is -3.44. The number of halogens is 1. The molecule has 0 aliphatic carbocycles. The maximum atomic E-state index is 12.7. The van der Waals surface area contributed by atoms with Crippen molar-refractivity contribution in [2.24, 2.45) is 0 Å². The SMILES string of the molecule is Cc1ccc(C2CN(S(=O)(=O)Cc3ccccc3Cl)CCO2)cc1. The van der Waals surface area contributed by atoms with E-state index in [0.717, 1.165) is 11.1 Å². The summed E-state index contributed by atoms with van der Waals surface area (Å²) in [4.78, 5) is 0. The minimum absolute atomic E-state index is 0.0900. The monoisotopic (exact) mass is 365 g/mol. The highest BCUT2D eigenvalue weighted by Crippen LogP contribution is 2.26. The molecular formula is C18H20ClNO3S. The predicted molar refractivity (Wildman–Crippen MR) is 95.5 cm³/mol. The number of aryl methyl sites for hydroxylation is 1. The maximum absolute atomic E-state index is 12.7. The summed E-state index contributed by atoms with van der Waals surface area (Å²) in [5, 5.41) is 0.476. The van der Waals surface area contributed by atoms with E-state index in [1.807, 2.05) is 31.2 Å². The Morgan fingerprint density at radius 3 is 2.58 bits per heavy atom. The van der Waals surface area contributed by atoms with Gasteiger partial charge in [-0.05, 0) is 24.1 Å². The molecule has 1 aliphatic heterocycles. The van der Waals surface area contributed by atoms with Gasteiger partial charge < -0.3 is 4.74 Å². The van der Waals surface area contributed by atoms with Crippen LogP contribution in [-0.2, 0) is 20.5 Å². The van der Waals surface area contributed by atoms with Crippen molar-refractivity contribution in [3.05, 3.63) is 70.2 Å². The molecule has 128 valence electrons. The van der Waals surface area contributed by atoms with Gasteiger partial charge >= 0.3 is 0 Å². The number of hydrogen-bond acceptors (Lipinski definition) is 3. The number of benzene rings is 2. The van der Waals surface area contributed by atoms with Crippen LogP contribution in [0.2, 0.25) is 5.02 Å². The lowest BCUT2D eigenvalue weighted by molar-refractivity contribution is -0.00260. The van der Waals surface area contributed by atoms with Gasteiger partial charge in [-0.3, -0.25) is 0 Å². The average molecular weight is 366 g/mol. The van der Waals surface area contributed by atoms with Crippen LogP contribution in [0.5, 0.6) is 0 Å². The van der Waals surface area contributed by atoms with Crippen molar-refractivity contribution in [2.45, 2.75) is 18.8 Å². The molecule has 6 heteroatoms. The van der Waals surface area contributed by atoms with Gasteiger partial charge in [-0.1, -0.05) is 59.6 Å². The van der Waals surface area contributed by atoms with Crippen molar-refractivity contribution < 1.29 is 13.2 Å². The quantitative estimate of drug-likeness (QED) is 0.832. The average Bonchev–Trinajstić information content (AvgIpc) is 2.58. The Hall–Kier alpha value is -1.40. The van der Waals surface area contributed by atoms with Crippen molar-refractivity contribution >= 4 is 21.6 Å². The van der Waals surface area contributed by atoms with E-state index in [9.17, 15) is 8.42 Å². The van der Waals surface area contributed by atoms with Gasteiger partial charge in [-0.25, -0.2) is 8.42 Å². The van der Waals surface area contributed by atoms with Gasteiger partial charge in [-0.2, -0.15) is 4.31 Å². The van der Waals surface area contributed by atoms with Crippen LogP contribution in [0.25, 0.3) is 0 Å². The van der Waals surface area contributed by atoms with E-state index in [-0.39, 0.29) is 11.9 Å². The van der Waals surface area contributed by atoms with E-state index in [0.29, 0.717) is 30.3 Å². The summed E-state index contributed by atoms with van der Waals surface area (Å²) < 4.78 is 32.8. The molecule has 1 saturated heterocycles. The second-order valence-electron chi connectivity index (χ2n) is 5.98. The van der Waals surface area contributed by atoms with Crippen molar-refractivity contribution in [3.63, 3.8) is 0 Å². The highest BCUT2D eigenvalue weighted by Gasteiger charge is 2.30. The number of morpholine rings is 1. The predicted octanol–water partition coefficient (Wildman–Crippen LogP) is 3.55. The fraction of sp³-hybridized carbons (Fsp3) is 0.333. The second-order valence-corrected chi connectivity index (χ2v) is 8.35. The molecule has 0 radical (unpaired) electrons. The van der Waals surface area contributed by atoms with Crippen molar-refractivity contribution in [1.82, 2.24) is 4.31 Å². The molecule has 0 amide bonds. The van der Waals surface area contributed by atoms with E-state index < -0.39 is 10.0 Å². The third-order valence-electron chi connectivity index (χ3n) is 4.17. The van der Waals surface area contributed by atoms with Crippen LogP contribution in [0.3, 0.4) is 0 Å². The first-order valence-electron chi connectivity index (χ1n) is 7.85. The van der Waals surface area contributed by atoms with Crippen LogP contribution >= 0.6 is 11.6 Å². The fourth-order valence-corrected chi connectivity index (χ4v) is 4.59. The first kappa shape index (κ1) is 17.4. The molecule has 24 heavy (non-hydrogen) atoms. The Labute approximate surface area is 148 Å². The van der Waals surface area contributed by atoms with Crippen LogP contribution in [0, 0.1) is 6.92 Å². The lowest BCUT2D eigenvalue weighted by atomic mass is 10.1. The fourth-order valence-electron chi connectivity index (χ4n) is 2.76. The number of hydrogen-bond donors (Lipinski definition) is 0. The van der Waals surface area contributed by atoms with Crippen LogP contribution < -0.4 is 0 Å². The Balaban J connectivity index is 1.76. The third-order valence-corrected chi connectivity index (χ3v) is 6.33. The smallest absolute Gasteiger partial charge is 0.218 e.